The van der Waals surface area contributed by atoms with Gasteiger partial charge in [-0.15, -0.1) is 0 Å². The smallest absolute Gasteiger partial charge is 0.171 e. The minimum absolute atomic E-state index is 1.06. The third-order valence-electron chi connectivity index (χ3n) is 0.607. The van der Waals surface area contributed by atoms with Crippen molar-refractivity contribution in [1.29, 1.82) is 0 Å². The Kier molecular flexibility index (Phi) is 39.6. The first-order valence-electron chi connectivity index (χ1n) is 3.50. The average molecular weight is 230 g/mol. The van der Waals surface area contributed by atoms with Crippen LogP contribution in [0.5, 0.6) is 0 Å². The van der Waals surface area contributed by atoms with Gasteiger partial charge in [0.15, 0.2) is 0 Å². The van der Waals surface area contributed by atoms with E-state index in [2.05, 4.69) is 6.07 Å². The molecule has 4 heteroatoms. The zero-order chi connectivity index (χ0) is 11.7. The van der Waals surface area contributed by atoms with Gasteiger partial charge in [0.1, 0.15) is 0 Å². The van der Waals surface area contributed by atoms with Crippen LogP contribution in [0.15, 0.2) is 30.3 Å². The van der Waals surface area contributed by atoms with E-state index in [1.54, 1.807) is 0 Å². The summed E-state index contributed by atoms with van der Waals surface area (Å²) in [6.07, 6.45) is 3.00. The van der Waals surface area contributed by atoms with E-state index in [-0.39, 0.29) is 0 Å². The fraction of sp³-hybridized carbons (Fsp3) is 0.200. The summed E-state index contributed by atoms with van der Waals surface area (Å²) in [4.78, 5) is 17.4. The van der Waals surface area contributed by atoms with Crippen LogP contribution in [0.4, 0.5) is 0 Å². The molecule has 0 saturated carbocycles. The quantitative estimate of drug-likeness (QED) is 0.636. The molecule has 0 aliphatic rings. The molecule has 0 aliphatic carbocycles. The van der Waals surface area contributed by atoms with Gasteiger partial charge in [0.05, 0.1) is 0 Å². The van der Waals surface area contributed by atoms with E-state index in [1.807, 2.05) is 30.3 Å². The van der Waals surface area contributed by atoms with Crippen molar-refractivity contribution in [2.45, 2.75) is 13.8 Å². The van der Waals surface area contributed by atoms with Crippen LogP contribution < -0.4 is 0 Å². The van der Waals surface area contributed by atoms with Crippen LogP contribution >= 0.6 is 0 Å². The minimum atomic E-state index is 1.06. The molecule has 0 N–H and O–H groups in total. The van der Waals surface area contributed by atoms with Crippen LogP contribution in [-0.4, -0.2) is 12.6 Å². The summed E-state index contributed by atoms with van der Waals surface area (Å²) in [5.74, 6) is 0. The summed E-state index contributed by atoms with van der Waals surface area (Å²) in [5, 5.41) is 0. The molecule has 1 aromatic rings. The summed E-state index contributed by atoms with van der Waals surface area (Å²) < 4.78 is 8.19. The zero-order valence-corrected chi connectivity index (χ0v) is 9.46. The van der Waals surface area contributed by atoms with Crippen LogP contribution in [0, 0.1) is 6.07 Å². The fourth-order valence-corrected chi connectivity index (χ4v) is 0.342. The zero-order valence-electron chi connectivity index (χ0n) is 8.06. The first-order chi connectivity index (χ1) is 6.83. The summed E-state index contributed by atoms with van der Waals surface area (Å²) in [7, 11) is 0. The second kappa shape index (κ2) is 29.7. The molecule has 0 saturated heterocycles. The van der Waals surface area contributed by atoms with Gasteiger partial charge in [-0.1, -0.05) is 0 Å². The number of hydrogen-bond acceptors (Lipinski definition) is 3. The maximum atomic E-state index is 8.68. The van der Waals surface area contributed by atoms with Crippen LogP contribution in [-0.2, 0) is 30.6 Å². The van der Waals surface area contributed by atoms with Crippen molar-refractivity contribution in [2.24, 2.45) is 0 Å². The number of rotatable bonds is 0. The molecular formula is C10H11O3V-3. The van der Waals surface area contributed by atoms with E-state index in [0.29, 0.717) is 0 Å². The Labute approximate surface area is 93.7 Å². The van der Waals surface area contributed by atoms with Gasteiger partial charge in [0, 0.05) is 0 Å². The molecule has 0 spiro atoms. The van der Waals surface area contributed by atoms with Gasteiger partial charge in [0.25, 0.3) is 0 Å². The number of benzene rings is 1. The van der Waals surface area contributed by atoms with E-state index in [1.165, 1.54) is 26.4 Å². The van der Waals surface area contributed by atoms with E-state index in [4.69, 9.17) is 13.3 Å². The normalized spacial score (nSPS) is 5.50. The van der Waals surface area contributed by atoms with Gasteiger partial charge < -0.3 is 9.59 Å². The van der Waals surface area contributed by atoms with E-state index < -0.39 is 0 Å². The summed E-state index contributed by atoms with van der Waals surface area (Å²) in [5.41, 5.74) is 0. The monoisotopic (exact) mass is 230 g/mol. The second-order valence-electron chi connectivity index (χ2n) is 1.49. The third kappa shape index (κ3) is 44.3. The predicted molar refractivity (Wildman–Crippen MR) is 48.7 cm³/mol. The Hall–Kier alpha value is -1.06. The molecule has 0 bridgehead atoms. The molecule has 0 unspecified atom stereocenters. The van der Waals surface area contributed by atoms with Crippen molar-refractivity contribution in [2.75, 3.05) is 0 Å². The van der Waals surface area contributed by atoms with Crippen molar-refractivity contribution in [3.63, 3.8) is 0 Å². The van der Waals surface area contributed by atoms with Crippen molar-refractivity contribution >= 4 is 12.6 Å². The van der Waals surface area contributed by atoms with E-state index in [0.717, 1.165) is 17.4 Å². The topological polar surface area (TPSA) is 51.2 Å². The van der Waals surface area contributed by atoms with Gasteiger partial charge in [0.2, 0.25) is 0 Å². The maximum absolute atomic E-state index is 8.68. The van der Waals surface area contributed by atoms with Gasteiger partial charge in [-0.25, -0.2) is 0 Å². The number of hydrogen-bond donors (Lipinski definition) is 0. The second-order valence-corrected chi connectivity index (χ2v) is 1.49. The SMILES string of the molecule is C[C-]=O.C[C-]=O.[O]=[V].[c-]1ccccc1. The molecule has 0 fully saturated rings. The summed E-state index contributed by atoms with van der Waals surface area (Å²) in [6.45, 7) is 2.64. The summed E-state index contributed by atoms with van der Waals surface area (Å²) in [6, 6.07) is 12.5. The van der Waals surface area contributed by atoms with Crippen molar-refractivity contribution < 1.29 is 30.6 Å². The van der Waals surface area contributed by atoms with Crippen molar-refractivity contribution in [3.8, 4) is 0 Å². The van der Waals surface area contributed by atoms with E-state index in [9.17, 15) is 0 Å². The van der Waals surface area contributed by atoms with Crippen molar-refractivity contribution in [3.05, 3.63) is 36.4 Å². The molecule has 0 aromatic heterocycles. The summed E-state index contributed by atoms with van der Waals surface area (Å²) >= 11 is 1.06. The molecular weight excluding hydrogens is 219 g/mol. The molecule has 1 aromatic carbocycles. The molecule has 77 valence electrons. The van der Waals surface area contributed by atoms with Crippen LogP contribution in [0.3, 0.4) is 0 Å². The molecule has 14 heavy (non-hydrogen) atoms. The molecule has 0 aliphatic heterocycles. The molecule has 0 atom stereocenters. The minimum Gasteiger partial charge on any atom is -0.184 e. The van der Waals surface area contributed by atoms with Gasteiger partial charge in [-0.05, 0) is 0 Å². The fourth-order valence-electron chi connectivity index (χ4n) is 0.342. The van der Waals surface area contributed by atoms with Crippen LogP contribution in [0.1, 0.15) is 13.8 Å². The Bertz CT molecular complexity index is 157. The molecule has 0 heterocycles. The standard InChI is InChI=1S/C6H5.2C2H3O.O.V/c1-2-4-6-5-3-1;2*1-2-3;;/h1-5H;2*1H3;;/q3*-1;;. The first-order valence-corrected chi connectivity index (χ1v) is 4.07. The molecule has 0 radical (unpaired) electrons. The average Bonchev–Trinajstić information content (AvgIpc) is 2.26. The molecule has 1 rings (SSSR count). The maximum Gasteiger partial charge on any atom is -0.171 e. The van der Waals surface area contributed by atoms with Crippen molar-refractivity contribution in [1.82, 2.24) is 0 Å². The predicted octanol–water partition coefficient (Wildman–Crippen LogP) is 1.60. The van der Waals surface area contributed by atoms with Crippen LogP contribution in [0.2, 0.25) is 0 Å². The Morgan fingerprint density at radius 2 is 1.21 bits per heavy atom. The largest absolute Gasteiger partial charge is 0.184 e. The Balaban J connectivity index is -0.000000132. The third-order valence-corrected chi connectivity index (χ3v) is 0.607. The molecule has 3 nitrogen and oxygen atoms in total. The van der Waals surface area contributed by atoms with E-state index >= 15 is 0 Å². The van der Waals surface area contributed by atoms with Gasteiger partial charge in [-0.2, -0.15) is 50.2 Å². The Morgan fingerprint density at radius 3 is 1.29 bits per heavy atom. The Morgan fingerprint density at radius 1 is 0.929 bits per heavy atom. The number of carbonyl (C=O) groups excluding carboxylic acids is 2. The molecule has 0 amide bonds. The van der Waals surface area contributed by atoms with Gasteiger partial charge in [-0.3, -0.25) is 12.6 Å². The first kappa shape index (κ1) is 18.7. The van der Waals surface area contributed by atoms with Gasteiger partial charge >= 0.3 is 21.0 Å². The van der Waals surface area contributed by atoms with Crippen LogP contribution in [0.25, 0.3) is 0 Å².